The highest BCUT2D eigenvalue weighted by molar-refractivity contribution is 6.99. The molecule has 152 valence electrons. The number of rotatable bonds is 10. The molecule has 0 radical (unpaired) electrons. The van der Waals surface area contributed by atoms with E-state index in [1.807, 2.05) is 6.08 Å². The third kappa shape index (κ3) is 5.44. The van der Waals surface area contributed by atoms with Crippen molar-refractivity contribution in [2.45, 2.75) is 64.5 Å². The fourth-order valence-corrected chi connectivity index (χ4v) is 8.59. The normalized spacial score (nSPS) is 13.8. The van der Waals surface area contributed by atoms with Crippen molar-refractivity contribution in [3.8, 4) is 0 Å². The van der Waals surface area contributed by atoms with Crippen LogP contribution in [0.5, 0.6) is 0 Å². The lowest BCUT2D eigenvalue weighted by atomic mass is 10.1. The van der Waals surface area contributed by atoms with Gasteiger partial charge in [0.05, 0.1) is 12.7 Å². The number of aliphatic hydroxyl groups is 1. The summed E-state index contributed by atoms with van der Waals surface area (Å²) in [6, 6.07) is 21.5. The van der Waals surface area contributed by atoms with Crippen molar-refractivity contribution in [3.63, 3.8) is 0 Å². The molecule has 0 fully saturated rings. The Labute approximate surface area is 172 Å². The van der Waals surface area contributed by atoms with Crippen LogP contribution in [0.15, 0.2) is 72.8 Å². The van der Waals surface area contributed by atoms with Gasteiger partial charge in [0.1, 0.15) is 0 Å². The Kier molecular flexibility index (Phi) is 8.68. The molecule has 2 aromatic carbocycles. The number of hydrogen-bond acceptors (Lipinski definition) is 2. The molecule has 0 saturated heterocycles. The smallest absolute Gasteiger partial charge is 0.261 e. The van der Waals surface area contributed by atoms with Gasteiger partial charge in [-0.3, -0.25) is 0 Å². The second kappa shape index (κ2) is 10.8. The zero-order chi connectivity index (χ0) is 20.5. The molecule has 0 unspecified atom stereocenters. The van der Waals surface area contributed by atoms with E-state index in [1.54, 1.807) is 0 Å². The van der Waals surface area contributed by atoms with Crippen LogP contribution in [0.25, 0.3) is 0 Å². The summed E-state index contributed by atoms with van der Waals surface area (Å²) in [5.41, 5.74) is 0. The third-order valence-electron chi connectivity index (χ3n) is 5.29. The molecule has 2 aromatic rings. The second-order valence-electron chi connectivity index (χ2n) is 8.43. The monoisotopic (exact) mass is 396 g/mol. The van der Waals surface area contributed by atoms with Crippen molar-refractivity contribution in [2.75, 3.05) is 6.61 Å². The maximum Gasteiger partial charge on any atom is 0.261 e. The Hall–Kier alpha value is -1.68. The van der Waals surface area contributed by atoms with Crippen LogP contribution in [0.3, 0.4) is 0 Å². The maximum atomic E-state index is 9.35. The van der Waals surface area contributed by atoms with E-state index in [2.05, 4.69) is 94.4 Å². The first-order valence-electron chi connectivity index (χ1n) is 10.5. The molecule has 0 aliphatic carbocycles. The fraction of sp³-hybridized carbons (Fsp3) is 0.440. The van der Waals surface area contributed by atoms with Crippen LogP contribution in [0.4, 0.5) is 0 Å². The summed E-state index contributed by atoms with van der Waals surface area (Å²) < 4.78 is 7.16. The standard InChI is InChI=1S/C25H36O2Si/c1-5-6-9-15-22(16-14-21-26)27-28(25(2,3)4,23-17-10-7-11-18-23)24-19-12-8-13-20-24/h7-8,10-14,16-20,22,26H,5-6,9,15,21H2,1-4H3/b16-14+/t22-/m0/s1. The highest BCUT2D eigenvalue weighted by Gasteiger charge is 2.51. The van der Waals surface area contributed by atoms with Gasteiger partial charge < -0.3 is 9.53 Å². The van der Waals surface area contributed by atoms with Gasteiger partial charge >= 0.3 is 0 Å². The second-order valence-corrected chi connectivity index (χ2v) is 12.7. The summed E-state index contributed by atoms with van der Waals surface area (Å²) in [5.74, 6) is 0. The quantitative estimate of drug-likeness (QED) is 0.345. The van der Waals surface area contributed by atoms with Crippen molar-refractivity contribution in [3.05, 3.63) is 72.8 Å². The Morgan fingerprint density at radius 3 is 1.89 bits per heavy atom. The minimum absolute atomic E-state index is 0.00463. The molecule has 0 amide bonds. The van der Waals surface area contributed by atoms with Gasteiger partial charge in [-0.2, -0.15) is 0 Å². The zero-order valence-corrected chi connectivity index (χ0v) is 18.9. The predicted molar refractivity (Wildman–Crippen MR) is 123 cm³/mol. The van der Waals surface area contributed by atoms with Gasteiger partial charge in [-0.1, -0.05) is 120 Å². The molecular weight excluding hydrogens is 360 g/mol. The van der Waals surface area contributed by atoms with Crippen LogP contribution in [0.2, 0.25) is 5.04 Å². The molecule has 28 heavy (non-hydrogen) atoms. The number of aliphatic hydroxyl groups excluding tert-OH is 1. The van der Waals surface area contributed by atoms with E-state index in [0.29, 0.717) is 0 Å². The molecule has 0 saturated carbocycles. The van der Waals surface area contributed by atoms with Crippen molar-refractivity contribution in [2.24, 2.45) is 0 Å². The Morgan fingerprint density at radius 1 is 0.929 bits per heavy atom. The lowest BCUT2D eigenvalue weighted by molar-refractivity contribution is 0.217. The molecule has 0 spiro atoms. The van der Waals surface area contributed by atoms with Gasteiger partial charge in [-0.05, 0) is 21.8 Å². The lowest BCUT2D eigenvalue weighted by Crippen LogP contribution is -2.67. The molecule has 0 aromatic heterocycles. The largest absolute Gasteiger partial charge is 0.401 e. The molecule has 0 heterocycles. The Balaban J connectivity index is 2.57. The summed E-state index contributed by atoms with van der Waals surface area (Å²) in [4.78, 5) is 0. The highest BCUT2D eigenvalue weighted by Crippen LogP contribution is 2.38. The Morgan fingerprint density at radius 2 is 1.46 bits per heavy atom. The summed E-state index contributed by atoms with van der Waals surface area (Å²) >= 11 is 0. The molecule has 0 bridgehead atoms. The van der Waals surface area contributed by atoms with Crippen molar-refractivity contribution in [1.29, 1.82) is 0 Å². The first-order valence-corrected chi connectivity index (χ1v) is 12.4. The van der Waals surface area contributed by atoms with Crippen molar-refractivity contribution >= 4 is 18.7 Å². The van der Waals surface area contributed by atoms with Crippen molar-refractivity contribution in [1.82, 2.24) is 0 Å². The minimum atomic E-state index is -2.56. The van der Waals surface area contributed by atoms with Gasteiger partial charge in [-0.15, -0.1) is 0 Å². The summed E-state index contributed by atoms with van der Waals surface area (Å²) in [6.45, 7) is 9.18. The number of benzene rings is 2. The average Bonchev–Trinajstić information content (AvgIpc) is 2.70. The molecule has 2 rings (SSSR count). The topological polar surface area (TPSA) is 29.5 Å². The van der Waals surface area contributed by atoms with E-state index in [0.717, 1.165) is 12.8 Å². The SMILES string of the molecule is CCCCC[C@@H](/C=C/CO)O[Si](c1ccccc1)(c1ccccc1)C(C)(C)C. The fourth-order valence-electron chi connectivity index (χ4n) is 3.92. The molecule has 1 N–H and O–H groups in total. The van der Waals surface area contributed by atoms with Crippen LogP contribution in [-0.4, -0.2) is 26.1 Å². The van der Waals surface area contributed by atoms with E-state index in [4.69, 9.17) is 4.43 Å². The van der Waals surface area contributed by atoms with E-state index in [-0.39, 0.29) is 17.7 Å². The first kappa shape index (κ1) is 22.6. The summed E-state index contributed by atoms with van der Waals surface area (Å²) in [7, 11) is -2.56. The van der Waals surface area contributed by atoms with Crippen LogP contribution in [0.1, 0.15) is 53.4 Å². The molecule has 1 atom stereocenters. The first-order chi connectivity index (χ1) is 13.5. The van der Waals surface area contributed by atoms with E-state index < -0.39 is 8.32 Å². The highest BCUT2D eigenvalue weighted by atomic mass is 28.4. The van der Waals surface area contributed by atoms with E-state index >= 15 is 0 Å². The average molecular weight is 397 g/mol. The lowest BCUT2D eigenvalue weighted by Gasteiger charge is -2.45. The molecular formula is C25H36O2Si. The molecule has 0 aliphatic heterocycles. The number of unbranched alkanes of at least 4 members (excludes halogenated alkanes) is 2. The zero-order valence-electron chi connectivity index (χ0n) is 17.9. The van der Waals surface area contributed by atoms with Crippen LogP contribution in [0, 0.1) is 0 Å². The van der Waals surface area contributed by atoms with E-state index in [1.165, 1.54) is 23.2 Å². The third-order valence-corrected chi connectivity index (χ3v) is 10.4. The van der Waals surface area contributed by atoms with Crippen LogP contribution < -0.4 is 10.4 Å². The minimum Gasteiger partial charge on any atom is -0.401 e. The molecule has 0 aliphatic rings. The molecule has 2 nitrogen and oxygen atoms in total. The number of hydrogen-bond donors (Lipinski definition) is 1. The van der Waals surface area contributed by atoms with Crippen molar-refractivity contribution < 1.29 is 9.53 Å². The van der Waals surface area contributed by atoms with Gasteiger partial charge in [-0.25, -0.2) is 0 Å². The van der Waals surface area contributed by atoms with Gasteiger partial charge in [0.15, 0.2) is 0 Å². The summed E-state index contributed by atoms with van der Waals surface area (Å²) in [5, 5.41) is 11.9. The van der Waals surface area contributed by atoms with Crippen LogP contribution >= 0.6 is 0 Å². The maximum absolute atomic E-state index is 9.35. The summed E-state index contributed by atoms with van der Waals surface area (Å²) in [6.07, 6.45) is 8.40. The van der Waals surface area contributed by atoms with E-state index in [9.17, 15) is 5.11 Å². The van der Waals surface area contributed by atoms with Gasteiger partial charge in [0.2, 0.25) is 0 Å². The Bertz CT molecular complexity index is 665. The van der Waals surface area contributed by atoms with Gasteiger partial charge in [0.25, 0.3) is 8.32 Å². The van der Waals surface area contributed by atoms with Crippen LogP contribution in [-0.2, 0) is 4.43 Å². The van der Waals surface area contributed by atoms with Gasteiger partial charge in [0, 0.05) is 0 Å². The predicted octanol–water partition coefficient (Wildman–Crippen LogP) is 5.06. The molecule has 3 heteroatoms.